The van der Waals surface area contributed by atoms with Crippen molar-refractivity contribution in [3.05, 3.63) is 24.3 Å². The van der Waals surface area contributed by atoms with E-state index < -0.39 is 0 Å². The zero-order valence-electron chi connectivity index (χ0n) is 6.49. The molecule has 0 fully saturated rings. The molecule has 3 nitrogen and oxygen atoms in total. The number of hydrogen-bond donors (Lipinski definition) is 1. The lowest BCUT2D eigenvalue weighted by Crippen LogP contribution is -1.80. The Balaban J connectivity index is 0.00000121. The summed E-state index contributed by atoms with van der Waals surface area (Å²) in [4.78, 5) is 0. The van der Waals surface area contributed by atoms with Gasteiger partial charge in [-0.3, -0.25) is 0 Å². The molecule has 0 unspecified atom stereocenters. The average molecular weight is 165 g/mol. The van der Waals surface area contributed by atoms with Gasteiger partial charge in [0.15, 0.2) is 0 Å². The second-order valence-electron chi connectivity index (χ2n) is 2.15. The summed E-state index contributed by atoms with van der Waals surface area (Å²) in [5, 5.41) is 7.79. The summed E-state index contributed by atoms with van der Waals surface area (Å²) in [5.74, 6) is 0. The van der Waals surface area contributed by atoms with Crippen LogP contribution in [0.4, 0.5) is 11.4 Å². The molecule has 1 aromatic carbocycles. The molecule has 3 heteroatoms. The Hall–Kier alpha value is -1.38. The molecular formula is C9H15N3. The summed E-state index contributed by atoms with van der Waals surface area (Å²) in [6.07, 6.45) is 0. The smallest absolute Gasteiger partial charge is 0.0854 e. The highest BCUT2D eigenvalue weighted by molar-refractivity contribution is 5.47. The van der Waals surface area contributed by atoms with Crippen LogP contribution in [-0.2, 0) is 0 Å². The molecule has 0 bridgehead atoms. The topological polar surface area (TPSA) is 50.7 Å². The Morgan fingerprint density at radius 3 is 2.33 bits per heavy atom. The maximum Gasteiger partial charge on any atom is 0.0854 e. The van der Waals surface area contributed by atoms with Crippen LogP contribution in [0.2, 0.25) is 0 Å². The molecule has 0 aliphatic heterocycles. The van der Waals surface area contributed by atoms with Crippen LogP contribution in [0.15, 0.2) is 34.5 Å². The van der Waals surface area contributed by atoms with Crippen LogP contribution < -0.4 is 5.73 Å². The molecule has 0 aliphatic carbocycles. The third-order valence-corrected chi connectivity index (χ3v) is 1.22. The molecule has 0 atom stereocenters. The van der Waals surface area contributed by atoms with Gasteiger partial charge in [0.2, 0.25) is 0 Å². The number of nitrogens with zero attached hydrogens (tertiary/aromatic N) is 2. The molecule has 12 heavy (non-hydrogen) atoms. The molecule has 1 rings (SSSR count). The molecular weight excluding hydrogens is 150 g/mol. The molecule has 0 saturated heterocycles. The molecule has 0 saturated carbocycles. The molecule has 0 aromatic heterocycles. The van der Waals surface area contributed by atoms with E-state index in [9.17, 15) is 0 Å². The molecule has 0 amide bonds. The standard InChI is InChI=1S/C8H11N3.CH4/c1-2-10-11-8-5-3-7(9)4-6-8;/h3-6H,2,9H2,1H3;1H4. The van der Waals surface area contributed by atoms with Crippen LogP contribution in [0, 0.1) is 0 Å². The van der Waals surface area contributed by atoms with E-state index >= 15 is 0 Å². The number of azo groups is 1. The number of anilines is 1. The largest absolute Gasteiger partial charge is 0.399 e. The van der Waals surface area contributed by atoms with Gasteiger partial charge in [-0.25, -0.2) is 0 Å². The van der Waals surface area contributed by atoms with Crippen molar-refractivity contribution in [2.45, 2.75) is 14.4 Å². The van der Waals surface area contributed by atoms with Gasteiger partial charge in [-0.1, -0.05) is 7.43 Å². The van der Waals surface area contributed by atoms with E-state index in [0.717, 1.165) is 11.4 Å². The zero-order valence-corrected chi connectivity index (χ0v) is 6.49. The van der Waals surface area contributed by atoms with E-state index in [1.54, 1.807) is 0 Å². The van der Waals surface area contributed by atoms with Crippen molar-refractivity contribution in [1.82, 2.24) is 0 Å². The van der Waals surface area contributed by atoms with Crippen molar-refractivity contribution in [2.75, 3.05) is 12.3 Å². The molecule has 2 N–H and O–H groups in total. The molecule has 0 heterocycles. The highest BCUT2D eigenvalue weighted by Crippen LogP contribution is 2.13. The van der Waals surface area contributed by atoms with Gasteiger partial charge in [0.05, 0.1) is 12.2 Å². The third kappa shape index (κ3) is 3.14. The van der Waals surface area contributed by atoms with E-state index in [4.69, 9.17) is 5.73 Å². The molecule has 0 spiro atoms. The van der Waals surface area contributed by atoms with Crippen LogP contribution in [0.5, 0.6) is 0 Å². The van der Waals surface area contributed by atoms with Crippen molar-refractivity contribution >= 4 is 11.4 Å². The van der Waals surface area contributed by atoms with Crippen LogP contribution in [0.25, 0.3) is 0 Å². The Bertz CT molecular complexity index is 238. The first-order valence-corrected chi connectivity index (χ1v) is 3.56. The van der Waals surface area contributed by atoms with Crippen molar-refractivity contribution in [3.63, 3.8) is 0 Å². The Morgan fingerprint density at radius 2 is 1.83 bits per heavy atom. The van der Waals surface area contributed by atoms with Crippen LogP contribution in [0.3, 0.4) is 0 Å². The number of benzene rings is 1. The monoisotopic (exact) mass is 165 g/mol. The lowest BCUT2D eigenvalue weighted by molar-refractivity contribution is 1.01. The minimum Gasteiger partial charge on any atom is -0.399 e. The molecule has 66 valence electrons. The first-order valence-electron chi connectivity index (χ1n) is 3.56. The van der Waals surface area contributed by atoms with E-state index in [1.807, 2.05) is 31.2 Å². The Kier molecular flexibility index (Phi) is 4.69. The molecule has 0 aliphatic rings. The van der Waals surface area contributed by atoms with Gasteiger partial charge < -0.3 is 5.73 Å². The summed E-state index contributed by atoms with van der Waals surface area (Å²) in [6, 6.07) is 7.30. The fourth-order valence-corrected chi connectivity index (χ4v) is 0.693. The second kappa shape index (κ2) is 5.29. The Labute approximate surface area is 73.3 Å². The Morgan fingerprint density at radius 1 is 1.25 bits per heavy atom. The predicted molar refractivity (Wildman–Crippen MR) is 52.6 cm³/mol. The van der Waals surface area contributed by atoms with E-state index in [0.29, 0.717) is 6.54 Å². The van der Waals surface area contributed by atoms with Gasteiger partial charge in [0.1, 0.15) is 0 Å². The van der Waals surface area contributed by atoms with E-state index in [-0.39, 0.29) is 7.43 Å². The maximum atomic E-state index is 5.48. The lowest BCUT2D eigenvalue weighted by atomic mass is 10.3. The summed E-state index contributed by atoms with van der Waals surface area (Å²) in [5.41, 5.74) is 7.08. The highest BCUT2D eigenvalue weighted by atomic mass is 15.1. The minimum absolute atomic E-state index is 0. The van der Waals surface area contributed by atoms with Crippen molar-refractivity contribution in [1.29, 1.82) is 0 Å². The first-order chi connectivity index (χ1) is 5.33. The fourth-order valence-electron chi connectivity index (χ4n) is 0.693. The predicted octanol–water partition coefficient (Wildman–Crippen LogP) is 3.01. The third-order valence-electron chi connectivity index (χ3n) is 1.22. The van der Waals surface area contributed by atoms with Crippen molar-refractivity contribution in [3.8, 4) is 0 Å². The van der Waals surface area contributed by atoms with Crippen molar-refractivity contribution < 1.29 is 0 Å². The van der Waals surface area contributed by atoms with Crippen LogP contribution in [-0.4, -0.2) is 6.54 Å². The number of nitrogens with two attached hydrogens (primary N) is 1. The van der Waals surface area contributed by atoms with Gasteiger partial charge in [-0.05, 0) is 31.2 Å². The van der Waals surface area contributed by atoms with Crippen LogP contribution >= 0.6 is 0 Å². The van der Waals surface area contributed by atoms with Crippen LogP contribution in [0.1, 0.15) is 14.4 Å². The first kappa shape index (κ1) is 10.6. The summed E-state index contributed by atoms with van der Waals surface area (Å²) >= 11 is 0. The summed E-state index contributed by atoms with van der Waals surface area (Å²) < 4.78 is 0. The lowest BCUT2D eigenvalue weighted by Gasteiger charge is -1.92. The van der Waals surface area contributed by atoms with Crippen molar-refractivity contribution in [2.24, 2.45) is 10.2 Å². The van der Waals surface area contributed by atoms with E-state index in [1.165, 1.54) is 0 Å². The molecule has 1 aromatic rings. The minimum atomic E-state index is 0. The SMILES string of the molecule is C.CCN=Nc1ccc(N)cc1. The average Bonchev–Trinajstić information content (AvgIpc) is 2.04. The van der Waals surface area contributed by atoms with Gasteiger partial charge in [0.25, 0.3) is 0 Å². The van der Waals surface area contributed by atoms with E-state index in [2.05, 4.69) is 10.2 Å². The van der Waals surface area contributed by atoms with Gasteiger partial charge in [-0.2, -0.15) is 10.2 Å². The number of rotatable bonds is 2. The second-order valence-corrected chi connectivity index (χ2v) is 2.15. The summed E-state index contributed by atoms with van der Waals surface area (Å²) in [7, 11) is 0. The maximum absolute atomic E-state index is 5.48. The molecule has 0 radical (unpaired) electrons. The van der Waals surface area contributed by atoms with Gasteiger partial charge >= 0.3 is 0 Å². The normalized spacial score (nSPS) is 9.75. The zero-order chi connectivity index (χ0) is 8.10. The summed E-state index contributed by atoms with van der Waals surface area (Å²) in [6.45, 7) is 2.66. The number of nitrogen functional groups attached to an aromatic ring is 1. The van der Waals surface area contributed by atoms with Gasteiger partial charge in [-0.15, -0.1) is 0 Å². The fraction of sp³-hybridized carbons (Fsp3) is 0.333. The quantitative estimate of drug-likeness (QED) is 0.531. The van der Waals surface area contributed by atoms with Gasteiger partial charge in [0, 0.05) is 5.69 Å². The highest BCUT2D eigenvalue weighted by Gasteiger charge is 1.86. The number of hydrogen-bond acceptors (Lipinski definition) is 3.